The molecule has 0 aliphatic carbocycles. The largest absolute Gasteiger partial charge is 0.466 e. The molecular formula is C23H30N4O2S. The van der Waals surface area contributed by atoms with Crippen LogP contribution in [0.4, 0.5) is 11.5 Å². The zero-order valence-corrected chi connectivity index (χ0v) is 18.6. The highest BCUT2D eigenvalue weighted by atomic mass is 32.2. The van der Waals surface area contributed by atoms with Crippen molar-refractivity contribution >= 4 is 29.2 Å². The van der Waals surface area contributed by atoms with Gasteiger partial charge in [0.05, 0.1) is 18.2 Å². The number of anilines is 2. The molecule has 1 N–H and O–H groups in total. The van der Waals surface area contributed by atoms with E-state index in [-0.39, 0.29) is 11.9 Å². The first-order chi connectivity index (χ1) is 14.6. The van der Waals surface area contributed by atoms with Crippen LogP contribution in [0, 0.1) is 11.8 Å². The highest BCUT2D eigenvalue weighted by Crippen LogP contribution is 2.42. The van der Waals surface area contributed by atoms with Crippen LogP contribution >= 0.6 is 11.8 Å². The molecule has 0 radical (unpaired) electrons. The molecular weight excluding hydrogens is 396 g/mol. The summed E-state index contributed by atoms with van der Waals surface area (Å²) in [7, 11) is 0. The van der Waals surface area contributed by atoms with E-state index in [4.69, 9.17) is 4.74 Å². The number of ether oxygens (including phenoxy) is 1. The van der Waals surface area contributed by atoms with E-state index >= 15 is 0 Å². The monoisotopic (exact) mass is 426 g/mol. The number of likely N-dealkylation sites (tertiary alicyclic amines) is 1. The molecule has 0 saturated carbocycles. The standard InChI is InChI=1S/C23H30N4O2S/c1-3-29-23(28)16(2)4-5-17-8-12-27(13-9-17)15-18-6-7-20-19(14-18)26-21-22(30-20)25-11-10-24-21/h6-7,10-11,14,16-17H,3-5,8-9,12-13,15H2,1-2H3,(H,24,26). The van der Waals surface area contributed by atoms with Crippen molar-refractivity contribution in [2.75, 3.05) is 25.0 Å². The van der Waals surface area contributed by atoms with Gasteiger partial charge in [-0.3, -0.25) is 9.69 Å². The van der Waals surface area contributed by atoms with Crippen LogP contribution in [0.25, 0.3) is 0 Å². The summed E-state index contributed by atoms with van der Waals surface area (Å²) < 4.78 is 5.12. The maximum absolute atomic E-state index is 11.8. The van der Waals surface area contributed by atoms with Gasteiger partial charge < -0.3 is 10.1 Å². The maximum atomic E-state index is 11.8. The Morgan fingerprint density at radius 1 is 1.30 bits per heavy atom. The number of nitrogens with zero attached hydrogens (tertiary/aromatic N) is 3. The van der Waals surface area contributed by atoms with E-state index in [2.05, 4.69) is 38.4 Å². The number of carbonyl (C=O) groups is 1. The Labute approximate surface area is 182 Å². The summed E-state index contributed by atoms with van der Waals surface area (Å²) >= 11 is 1.67. The highest BCUT2D eigenvalue weighted by Gasteiger charge is 2.23. The smallest absolute Gasteiger partial charge is 0.308 e. The zero-order valence-electron chi connectivity index (χ0n) is 17.8. The number of piperidine rings is 1. The van der Waals surface area contributed by atoms with Crippen LogP contribution in [0.2, 0.25) is 0 Å². The number of esters is 1. The van der Waals surface area contributed by atoms with Crippen LogP contribution in [0.3, 0.4) is 0 Å². The molecule has 1 saturated heterocycles. The number of rotatable bonds is 7. The van der Waals surface area contributed by atoms with Gasteiger partial charge in [0.25, 0.3) is 0 Å². The minimum atomic E-state index is -0.0530. The van der Waals surface area contributed by atoms with E-state index in [1.165, 1.54) is 23.3 Å². The topological polar surface area (TPSA) is 67.3 Å². The average Bonchev–Trinajstić information content (AvgIpc) is 2.77. The summed E-state index contributed by atoms with van der Waals surface area (Å²) in [6, 6.07) is 6.65. The van der Waals surface area contributed by atoms with Gasteiger partial charge in [-0.1, -0.05) is 24.8 Å². The number of aromatic nitrogens is 2. The summed E-state index contributed by atoms with van der Waals surface area (Å²) in [4.78, 5) is 24.3. The van der Waals surface area contributed by atoms with Crippen molar-refractivity contribution in [1.29, 1.82) is 0 Å². The SMILES string of the molecule is CCOC(=O)C(C)CCC1CCN(Cc2ccc3c(c2)Nc2nccnc2S3)CC1. The molecule has 0 bridgehead atoms. The van der Waals surface area contributed by atoms with Crippen LogP contribution in [0.15, 0.2) is 40.5 Å². The Morgan fingerprint density at radius 2 is 2.10 bits per heavy atom. The number of carbonyl (C=O) groups excluding carboxylic acids is 1. The first-order valence-electron chi connectivity index (χ1n) is 10.9. The van der Waals surface area contributed by atoms with Crippen molar-refractivity contribution in [1.82, 2.24) is 14.9 Å². The third-order valence-electron chi connectivity index (χ3n) is 5.98. The lowest BCUT2D eigenvalue weighted by Crippen LogP contribution is -2.33. The summed E-state index contributed by atoms with van der Waals surface area (Å²) in [5, 5.41) is 4.35. The van der Waals surface area contributed by atoms with Gasteiger partial charge in [0, 0.05) is 23.8 Å². The van der Waals surface area contributed by atoms with E-state index < -0.39 is 0 Å². The predicted octanol–water partition coefficient (Wildman–Crippen LogP) is 4.88. The fourth-order valence-corrected chi connectivity index (χ4v) is 5.04. The minimum absolute atomic E-state index is 0.0127. The van der Waals surface area contributed by atoms with Crippen LogP contribution in [-0.4, -0.2) is 40.5 Å². The summed E-state index contributed by atoms with van der Waals surface area (Å²) in [5.41, 5.74) is 2.44. The number of hydrogen-bond acceptors (Lipinski definition) is 7. The first-order valence-corrected chi connectivity index (χ1v) is 11.7. The second-order valence-electron chi connectivity index (χ2n) is 8.22. The third kappa shape index (κ3) is 5.13. The Hall–Kier alpha value is -2.12. The van der Waals surface area contributed by atoms with Crippen molar-refractivity contribution in [2.24, 2.45) is 11.8 Å². The van der Waals surface area contributed by atoms with Gasteiger partial charge in [-0.15, -0.1) is 0 Å². The molecule has 7 heteroatoms. The first kappa shape index (κ1) is 21.1. The number of benzene rings is 1. The van der Waals surface area contributed by atoms with Crippen LogP contribution < -0.4 is 5.32 Å². The van der Waals surface area contributed by atoms with E-state index in [1.54, 1.807) is 24.2 Å². The lowest BCUT2D eigenvalue weighted by molar-refractivity contribution is -0.147. The molecule has 1 aromatic heterocycles. The molecule has 6 nitrogen and oxygen atoms in total. The van der Waals surface area contributed by atoms with E-state index in [0.717, 1.165) is 54.9 Å². The average molecular weight is 427 g/mol. The van der Waals surface area contributed by atoms with Crippen molar-refractivity contribution in [2.45, 2.75) is 56.0 Å². The van der Waals surface area contributed by atoms with Crippen LogP contribution in [-0.2, 0) is 16.1 Å². The molecule has 4 rings (SSSR count). The second kappa shape index (κ2) is 9.79. The molecule has 1 unspecified atom stereocenters. The van der Waals surface area contributed by atoms with Crippen molar-refractivity contribution in [3.63, 3.8) is 0 Å². The van der Waals surface area contributed by atoms with Crippen molar-refractivity contribution in [3.8, 4) is 0 Å². The summed E-state index contributed by atoms with van der Waals surface area (Å²) in [5.74, 6) is 1.52. The van der Waals surface area contributed by atoms with Crippen molar-refractivity contribution < 1.29 is 9.53 Å². The lowest BCUT2D eigenvalue weighted by atomic mass is 9.89. The van der Waals surface area contributed by atoms with Gasteiger partial charge in [-0.25, -0.2) is 9.97 Å². The second-order valence-corrected chi connectivity index (χ2v) is 9.25. The van der Waals surface area contributed by atoms with E-state index in [9.17, 15) is 4.79 Å². The van der Waals surface area contributed by atoms with E-state index in [0.29, 0.717) is 6.61 Å². The molecule has 1 atom stereocenters. The lowest BCUT2D eigenvalue weighted by Gasteiger charge is -2.32. The molecule has 1 aromatic carbocycles. The van der Waals surface area contributed by atoms with E-state index in [1.807, 2.05) is 13.8 Å². The molecule has 2 aromatic rings. The summed E-state index contributed by atoms with van der Waals surface area (Å²) in [6.45, 7) is 7.53. The molecule has 0 spiro atoms. The quantitative estimate of drug-likeness (QED) is 0.540. The highest BCUT2D eigenvalue weighted by molar-refractivity contribution is 7.99. The zero-order chi connectivity index (χ0) is 20.9. The molecule has 1 fully saturated rings. The van der Waals surface area contributed by atoms with Gasteiger partial charge in [-0.2, -0.15) is 0 Å². The Balaban J connectivity index is 1.25. The maximum Gasteiger partial charge on any atom is 0.308 e. The van der Waals surface area contributed by atoms with Gasteiger partial charge in [0.2, 0.25) is 0 Å². The van der Waals surface area contributed by atoms with Gasteiger partial charge >= 0.3 is 5.97 Å². The minimum Gasteiger partial charge on any atom is -0.466 e. The number of hydrogen-bond donors (Lipinski definition) is 1. The third-order valence-corrected chi connectivity index (χ3v) is 7.05. The van der Waals surface area contributed by atoms with Gasteiger partial charge in [-0.05, 0) is 69.3 Å². The Kier molecular flexibility index (Phi) is 6.89. The van der Waals surface area contributed by atoms with Gasteiger partial charge in [0.15, 0.2) is 5.82 Å². The molecule has 30 heavy (non-hydrogen) atoms. The number of nitrogens with one attached hydrogen (secondary N) is 1. The fraction of sp³-hybridized carbons (Fsp3) is 0.522. The Morgan fingerprint density at radius 3 is 2.90 bits per heavy atom. The normalized spacial score (nSPS) is 17.5. The summed E-state index contributed by atoms with van der Waals surface area (Å²) in [6.07, 6.45) is 7.91. The van der Waals surface area contributed by atoms with Gasteiger partial charge in [0.1, 0.15) is 5.03 Å². The predicted molar refractivity (Wildman–Crippen MR) is 119 cm³/mol. The molecule has 0 amide bonds. The van der Waals surface area contributed by atoms with Crippen LogP contribution in [0.1, 0.15) is 45.1 Å². The van der Waals surface area contributed by atoms with Crippen molar-refractivity contribution in [3.05, 3.63) is 36.2 Å². The fourth-order valence-electron chi connectivity index (χ4n) is 4.16. The molecule has 2 aliphatic heterocycles. The molecule has 2 aliphatic rings. The molecule has 3 heterocycles. The van der Waals surface area contributed by atoms with Crippen LogP contribution in [0.5, 0.6) is 0 Å². The number of fused-ring (bicyclic) bond motifs is 2. The molecule has 160 valence electrons. The Bertz CT molecular complexity index is 883.